The third-order valence-corrected chi connectivity index (χ3v) is 6.33. The van der Waals surface area contributed by atoms with Gasteiger partial charge in [0.05, 0.1) is 5.69 Å². The second kappa shape index (κ2) is 5.44. The van der Waals surface area contributed by atoms with Gasteiger partial charge in [0.1, 0.15) is 4.90 Å². The van der Waals surface area contributed by atoms with Crippen LogP contribution in [0.5, 0.6) is 0 Å². The molecule has 1 aliphatic rings. The molecule has 6 heteroatoms. The van der Waals surface area contributed by atoms with Crippen LogP contribution >= 0.6 is 11.3 Å². The summed E-state index contributed by atoms with van der Waals surface area (Å²) in [5.74, 6) is 0. The highest BCUT2D eigenvalue weighted by Crippen LogP contribution is 2.35. The molecule has 2 aromatic rings. The molecule has 1 aromatic carbocycles. The van der Waals surface area contributed by atoms with Gasteiger partial charge >= 0.3 is 0 Å². The van der Waals surface area contributed by atoms with Crippen LogP contribution < -0.4 is 5.73 Å². The standard InChI is InChI=1S/C15H18N2O2S2/c1-11-2-5-15(14(16)8-11)21(18,19)17(13-3-4-13)9-12-6-7-20-10-12/h2,5-8,10,13H,3-4,9,16H2,1H3. The Hall–Kier alpha value is -1.37. The Kier molecular flexibility index (Phi) is 3.77. The van der Waals surface area contributed by atoms with Gasteiger partial charge in [0.2, 0.25) is 10.0 Å². The molecule has 0 spiro atoms. The molecule has 112 valence electrons. The Morgan fingerprint density at radius 1 is 1.33 bits per heavy atom. The minimum atomic E-state index is -3.55. The van der Waals surface area contributed by atoms with Crippen LogP contribution in [0.2, 0.25) is 0 Å². The summed E-state index contributed by atoms with van der Waals surface area (Å²) in [5.41, 5.74) is 8.25. The summed E-state index contributed by atoms with van der Waals surface area (Å²) >= 11 is 1.58. The first-order valence-corrected chi connectivity index (χ1v) is 9.26. The average Bonchev–Trinajstić information content (AvgIpc) is 3.11. The van der Waals surface area contributed by atoms with Crippen LogP contribution in [0, 0.1) is 6.92 Å². The van der Waals surface area contributed by atoms with Gasteiger partial charge in [0, 0.05) is 12.6 Å². The van der Waals surface area contributed by atoms with E-state index in [-0.39, 0.29) is 10.9 Å². The summed E-state index contributed by atoms with van der Waals surface area (Å²) in [5, 5.41) is 3.96. The van der Waals surface area contributed by atoms with E-state index in [0.717, 1.165) is 24.0 Å². The van der Waals surface area contributed by atoms with E-state index in [1.807, 2.05) is 23.8 Å². The molecule has 2 N–H and O–H groups in total. The SMILES string of the molecule is Cc1ccc(S(=O)(=O)N(Cc2ccsc2)C2CC2)c(N)c1. The highest BCUT2D eigenvalue weighted by molar-refractivity contribution is 7.89. The molecule has 4 nitrogen and oxygen atoms in total. The lowest BCUT2D eigenvalue weighted by molar-refractivity contribution is 0.399. The fraction of sp³-hybridized carbons (Fsp3) is 0.333. The first-order chi connectivity index (χ1) is 9.98. The first kappa shape index (κ1) is 14.6. The highest BCUT2D eigenvalue weighted by atomic mass is 32.2. The lowest BCUT2D eigenvalue weighted by Gasteiger charge is -2.22. The number of nitrogens with zero attached hydrogens (tertiary/aromatic N) is 1. The Morgan fingerprint density at radius 2 is 2.10 bits per heavy atom. The van der Waals surface area contributed by atoms with Crippen LogP contribution in [0.4, 0.5) is 5.69 Å². The molecule has 1 fully saturated rings. The van der Waals surface area contributed by atoms with Gasteiger partial charge in [-0.2, -0.15) is 15.6 Å². The molecular weight excluding hydrogens is 304 g/mol. The van der Waals surface area contributed by atoms with E-state index in [1.54, 1.807) is 33.8 Å². The smallest absolute Gasteiger partial charge is 0.245 e. The van der Waals surface area contributed by atoms with Crippen LogP contribution in [0.15, 0.2) is 39.9 Å². The monoisotopic (exact) mass is 322 g/mol. The van der Waals surface area contributed by atoms with E-state index < -0.39 is 10.0 Å². The molecule has 0 atom stereocenters. The van der Waals surface area contributed by atoms with Crippen molar-refractivity contribution >= 4 is 27.0 Å². The fourth-order valence-electron chi connectivity index (χ4n) is 2.36. The van der Waals surface area contributed by atoms with Crippen LogP contribution in [-0.4, -0.2) is 18.8 Å². The summed E-state index contributed by atoms with van der Waals surface area (Å²) < 4.78 is 27.4. The molecule has 0 bridgehead atoms. The molecular formula is C15H18N2O2S2. The zero-order valence-corrected chi connectivity index (χ0v) is 13.5. The lowest BCUT2D eigenvalue weighted by Crippen LogP contribution is -2.33. The van der Waals surface area contributed by atoms with Gasteiger partial charge in [-0.05, 0) is 59.9 Å². The van der Waals surface area contributed by atoms with E-state index in [9.17, 15) is 8.42 Å². The van der Waals surface area contributed by atoms with E-state index >= 15 is 0 Å². The molecule has 1 saturated carbocycles. The van der Waals surface area contributed by atoms with Crippen molar-refractivity contribution in [2.24, 2.45) is 0 Å². The number of hydrogen-bond donors (Lipinski definition) is 1. The Morgan fingerprint density at radius 3 is 2.67 bits per heavy atom. The Labute approximate surface area is 129 Å². The van der Waals surface area contributed by atoms with E-state index in [1.165, 1.54) is 0 Å². The van der Waals surface area contributed by atoms with E-state index in [2.05, 4.69) is 0 Å². The van der Waals surface area contributed by atoms with Crippen LogP contribution in [-0.2, 0) is 16.6 Å². The maximum absolute atomic E-state index is 12.9. The van der Waals surface area contributed by atoms with Crippen molar-refractivity contribution in [2.75, 3.05) is 5.73 Å². The van der Waals surface area contributed by atoms with Crippen LogP contribution in [0.1, 0.15) is 24.0 Å². The molecule has 1 aromatic heterocycles. The number of nitrogen functional groups attached to an aromatic ring is 1. The first-order valence-electron chi connectivity index (χ1n) is 6.87. The molecule has 0 radical (unpaired) electrons. The van der Waals surface area contributed by atoms with Gasteiger partial charge in [0.15, 0.2) is 0 Å². The molecule has 0 saturated heterocycles. The van der Waals surface area contributed by atoms with Crippen molar-refractivity contribution in [3.8, 4) is 0 Å². The van der Waals surface area contributed by atoms with Gasteiger partial charge in [-0.3, -0.25) is 0 Å². The highest BCUT2D eigenvalue weighted by Gasteiger charge is 2.38. The van der Waals surface area contributed by atoms with Crippen molar-refractivity contribution in [2.45, 2.75) is 37.2 Å². The van der Waals surface area contributed by atoms with Crippen molar-refractivity contribution < 1.29 is 8.42 Å². The topological polar surface area (TPSA) is 63.4 Å². The predicted molar refractivity (Wildman–Crippen MR) is 85.7 cm³/mol. The van der Waals surface area contributed by atoms with Crippen molar-refractivity contribution in [3.63, 3.8) is 0 Å². The second-order valence-electron chi connectivity index (χ2n) is 5.45. The number of nitrogens with two attached hydrogens (primary N) is 1. The van der Waals surface area contributed by atoms with Gasteiger partial charge < -0.3 is 5.73 Å². The van der Waals surface area contributed by atoms with Crippen LogP contribution in [0.3, 0.4) is 0 Å². The number of benzene rings is 1. The molecule has 0 amide bonds. The van der Waals surface area contributed by atoms with Crippen molar-refractivity contribution in [1.82, 2.24) is 4.31 Å². The minimum absolute atomic E-state index is 0.107. The normalized spacial score (nSPS) is 15.5. The maximum Gasteiger partial charge on any atom is 0.245 e. The summed E-state index contributed by atoms with van der Waals surface area (Å²) in [6.07, 6.45) is 1.85. The Balaban J connectivity index is 1.97. The third kappa shape index (κ3) is 2.97. The lowest BCUT2D eigenvalue weighted by atomic mass is 10.2. The number of rotatable bonds is 5. The minimum Gasteiger partial charge on any atom is -0.398 e. The number of sulfonamides is 1. The Bertz CT molecular complexity index is 735. The largest absolute Gasteiger partial charge is 0.398 e. The van der Waals surface area contributed by atoms with Gasteiger partial charge in [-0.25, -0.2) is 8.42 Å². The zero-order valence-electron chi connectivity index (χ0n) is 11.8. The van der Waals surface area contributed by atoms with Crippen molar-refractivity contribution in [1.29, 1.82) is 0 Å². The molecule has 3 rings (SSSR count). The number of hydrogen-bond acceptors (Lipinski definition) is 4. The third-order valence-electron chi connectivity index (χ3n) is 3.62. The summed E-state index contributed by atoms with van der Waals surface area (Å²) in [4.78, 5) is 0.218. The van der Waals surface area contributed by atoms with Gasteiger partial charge in [-0.15, -0.1) is 0 Å². The van der Waals surface area contributed by atoms with Gasteiger partial charge in [0.25, 0.3) is 0 Å². The van der Waals surface area contributed by atoms with Crippen molar-refractivity contribution in [3.05, 3.63) is 46.2 Å². The summed E-state index contributed by atoms with van der Waals surface area (Å²) in [7, 11) is -3.55. The van der Waals surface area contributed by atoms with Crippen LogP contribution in [0.25, 0.3) is 0 Å². The van der Waals surface area contributed by atoms with E-state index in [0.29, 0.717) is 12.2 Å². The summed E-state index contributed by atoms with van der Waals surface area (Å²) in [6.45, 7) is 2.32. The number of thiophene rings is 1. The molecule has 21 heavy (non-hydrogen) atoms. The second-order valence-corrected chi connectivity index (χ2v) is 8.09. The number of anilines is 1. The quantitative estimate of drug-likeness (QED) is 0.861. The summed E-state index contributed by atoms with van der Waals surface area (Å²) in [6, 6.07) is 7.19. The molecule has 1 heterocycles. The molecule has 1 aliphatic carbocycles. The zero-order chi connectivity index (χ0) is 15.0. The van der Waals surface area contributed by atoms with E-state index in [4.69, 9.17) is 5.73 Å². The maximum atomic E-state index is 12.9. The fourth-order valence-corrected chi connectivity index (χ4v) is 4.80. The average molecular weight is 322 g/mol. The molecule has 0 unspecified atom stereocenters. The number of aryl methyl sites for hydroxylation is 1. The predicted octanol–water partition coefficient (Wildman–Crippen LogP) is 2.99. The molecule has 0 aliphatic heterocycles. The van der Waals surface area contributed by atoms with Gasteiger partial charge in [-0.1, -0.05) is 6.07 Å².